The van der Waals surface area contributed by atoms with Gasteiger partial charge in [-0.3, -0.25) is 0 Å². The van der Waals surface area contributed by atoms with Gasteiger partial charge in [-0.2, -0.15) is 0 Å². The number of para-hydroxylation sites is 1. The van der Waals surface area contributed by atoms with Gasteiger partial charge in [0.25, 0.3) is 0 Å². The SMILES string of the molecule is COC1=C(C)C(C(=O)O)=C(C)C(C)(C)C1C=CCc1ccccc1O. The fourth-order valence-corrected chi connectivity index (χ4v) is 3.46. The minimum absolute atomic E-state index is 0.0635. The van der Waals surface area contributed by atoms with Crippen LogP contribution in [0.25, 0.3) is 0 Å². The number of hydrogen-bond acceptors (Lipinski definition) is 3. The van der Waals surface area contributed by atoms with Crippen LogP contribution in [0, 0.1) is 11.3 Å². The molecule has 134 valence electrons. The highest BCUT2D eigenvalue weighted by atomic mass is 16.5. The molecule has 2 rings (SSSR count). The summed E-state index contributed by atoms with van der Waals surface area (Å²) >= 11 is 0. The van der Waals surface area contributed by atoms with E-state index < -0.39 is 5.97 Å². The van der Waals surface area contributed by atoms with Gasteiger partial charge in [0.05, 0.1) is 12.7 Å². The van der Waals surface area contributed by atoms with Crippen molar-refractivity contribution in [2.45, 2.75) is 34.1 Å². The Hall–Kier alpha value is -2.49. The van der Waals surface area contributed by atoms with Crippen molar-refractivity contribution >= 4 is 5.97 Å². The molecular weight excluding hydrogens is 316 g/mol. The van der Waals surface area contributed by atoms with E-state index in [0.717, 1.165) is 11.1 Å². The first kappa shape index (κ1) is 18.8. The van der Waals surface area contributed by atoms with Crippen molar-refractivity contribution in [2.24, 2.45) is 11.3 Å². The maximum Gasteiger partial charge on any atom is 0.336 e. The van der Waals surface area contributed by atoms with Crippen molar-refractivity contribution in [3.05, 3.63) is 64.5 Å². The second-order valence-electron chi connectivity index (χ2n) is 6.96. The molecule has 0 spiro atoms. The van der Waals surface area contributed by atoms with Gasteiger partial charge in [0.1, 0.15) is 11.5 Å². The Balaban J connectivity index is 2.38. The first-order valence-corrected chi connectivity index (χ1v) is 8.35. The maximum absolute atomic E-state index is 11.7. The standard InChI is InChI=1S/C21H26O4/c1-13-18(20(23)24)14(2)21(3,4)16(19(13)25-5)11-8-10-15-9-6-7-12-17(15)22/h6-9,11-12,16,22H,10H2,1-5H3,(H,23,24). The molecule has 4 nitrogen and oxygen atoms in total. The predicted molar refractivity (Wildman–Crippen MR) is 98.3 cm³/mol. The Bertz CT molecular complexity index is 766. The van der Waals surface area contributed by atoms with Gasteiger partial charge in [-0.05, 0) is 37.3 Å². The molecule has 1 aromatic carbocycles. The molecule has 1 unspecified atom stereocenters. The number of carbonyl (C=O) groups is 1. The zero-order valence-corrected chi connectivity index (χ0v) is 15.5. The molecule has 0 bridgehead atoms. The zero-order valence-electron chi connectivity index (χ0n) is 15.5. The Morgan fingerprint density at radius 1 is 1.28 bits per heavy atom. The van der Waals surface area contributed by atoms with Gasteiger partial charge in [-0.25, -0.2) is 4.79 Å². The quantitative estimate of drug-likeness (QED) is 0.775. The zero-order chi connectivity index (χ0) is 18.8. The smallest absolute Gasteiger partial charge is 0.336 e. The van der Waals surface area contributed by atoms with Crippen LogP contribution in [0.5, 0.6) is 5.75 Å². The van der Waals surface area contributed by atoms with Gasteiger partial charge in [0, 0.05) is 11.5 Å². The van der Waals surface area contributed by atoms with Crippen molar-refractivity contribution in [1.82, 2.24) is 0 Å². The average Bonchev–Trinajstić information content (AvgIpc) is 2.54. The molecule has 2 N–H and O–H groups in total. The third-order valence-electron chi connectivity index (χ3n) is 5.24. The molecule has 0 fully saturated rings. The Kier molecular flexibility index (Phi) is 5.41. The second-order valence-corrected chi connectivity index (χ2v) is 6.96. The van der Waals surface area contributed by atoms with Crippen LogP contribution in [0.4, 0.5) is 0 Å². The van der Waals surface area contributed by atoms with Crippen LogP contribution in [-0.4, -0.2) is 23.3 Å². The summed E-state index contributed by atoms with van der Waals surface area (Å²) in [7, 11) is 1.58. The van der Waals surface area contributed by atoms with Gasteiger partial charge < -0.3 is 14.9 Å². The summed E-state index contributed by atoms with van der Waals surface area (Å²) in [6.07, 6.45) is 4.66. The van der Waals surface area contributed by atoms with Crippen molar-refractivity contribution in [1.29, 1.82) is 0 Å². The number of ether oxygens (including phenoxy) is 1. The molecule has 0 radical (unpaired) electrons. The van der Waals surface area contributed by atoms with Crippen LogP contribution in [0.2, 0.25) is 0 Å². The number of methoxy groups -OCH3 is 1. The molecular formula is C21H26O4. The molecule has 0 aromatic heterocycles. The first-order chi connectivity index (χ1) is 11.7. The van der Waals surface area contributed by atoms with Crippen molar-refractivity contribution in [3.63, 3.8) is 0 Å². The van der Waals surface area contributed by atoms with Crippen molar-refractivity contribution in [3.8, 4) is 5.75 Å². The number of phenols is 1. The summed E-state index contributed by atoms with van der Waals surface area (Å²) in [4.78, 5) is 11.7. The highest BCUT2D eigenvalue weighted by Crippen LogP contribution is 2.48. The average molecular weight is 342 g/mol. The summed E-state index contributed by atoms with van der Waals surface area (Å²) in [6.45, 7) is 7.74. The molecule has 0 heterocycles. The van der Waals surface area contributed by atoms with Crippen LogP contribution in [0.1, 0.15) is 33.3 Å². The fraction of sp³-hybridized carbons (Fsp3) is 0.381. The molecule has 1 aliphatic carbocycles. The number of hydrogen-bond donors (Lipinski definition) is 2. The lowest BCUT2D eigenvalue weighted by Gasteiger charge is -2.40. The minimum Gasteiger partial charge on any atom is -0.508 e. The molecule has 0 saturated carbocycles. The van der Waals surface area contributed by atoms with Gasteiger partial charge >= 0.3 is 5.97 Å². The Labute approximate surface area is 149 Å². The van der Waals surface area contributed by atoms with Crippen LogP contribution < -0.4 is 0 Å². The van der Waals surface area contributed by atoms with E-state index in [1.54, 1.807) is 26.2 Å². The summed E-state index contributed by atoms with van der Waals surface area (Å²) in [5.74, 6) is -0.0276. The number of aromatic hydroxyl groups is 1. The van der Waals surface area contributed by atoms with Crippen LogP contribution in [0.15, 0.2) is 58.9 Å². The lowest BCUT2D eigenvalue weighted by molar-refractivity contribution is -0.132. The normalized spacial score (nSPS) is 20.3. The lowest BCUT2D eigenvalue weighted by Crippen LogP contribution is -2.33. The van der Waals surface area contributed by atoms with E-state index in [-0.39, 0.29) is 17.1 Å². The summed E-state index contributed by atoms with van der Waals surface area (Å²) in [5, 5.41) is 19.5. The van der Waals surface area contributed by atoms with E-state index in [0.29, 0.717) is 23.3 Å². The van der Waals surface area contributed by atoms with Crippen LogP contribution in [0.3, 0.4) is 0 Å². The topological polar surface area (TPSA) is 66.8 Å². The molecule has 1 aliphatic rings. The van der Waals surface area contributed by atoms with E-state index in [9.17, 15) is 15.0 Å². The number of benzene rings is 1. The minimum atomic E-state index is -0.922. The predicted octanol–water partition coefficient (Wildman–Crippen LogP) is 4.47. The van der Waals surface area contributed by atoms with Gasteiger partial charge in [0.2, 0.25) is 0 Å². The number of aliphatic carboxylic acids is 1. The third kappa shape index (κ3) is 3.48. The monoisotopic (exact) mass is 342 g/mol. The summed E-state index contributed by atoms with van der Waals surface area (Å²) in [5.41, 5.74) is 2.32. The van der Waals surface area contributed by atoms with E-state index in [1.807, 2.05) is 39.0 Å². The highest BCUT2D eigenvalue weighted by Gasteiger charge is 2.41. The van der Waals surface area contributed by atoms with E-state index in [2.05, 4.69) is 6.08 Å². The van der Waals surface area contributed by atoms with Gasteiger partial charge in [-0.1, -0.05) is 49.8 Å². The van der Waals surface area contributed by atoms with E-state index >= 15 is 0 Å². The molecule has 0 saturated heterocycles. The summed E-state index contributed by atoms with van der Waals surface area (Å²) in [6, 6.07) is 7.25. The maximum atomic E-state index is 11.7. The molecule has 4 heteroatoms. The number of phenolic OH excluding ortho intramolecular Hbond substituents is 1. The largest absolute Gasteiger partial charge is 0.508 e. The van der Waals surface area contributed by atoms with Crippen molar-refractivity contribution in [2.75, 3.05) is 7.11 Å². The number of rotatable bonds is 5. The molecule has 0 amide bonds. The molecule has 0 aliphatic heterocycles. The number of carboxylic acid groups (broad SMARTS) is 1. The third-order valence-corrected chi connectivity index (χ3v) is 5.24. The Morgan fingerprint density at radius 2 is 1.92 bits per heavy atom. The van der Waals surface area contributed by atoms with Crippen LogP contribution in [-0.2, 0) is 16.0 Å². The lowest BCUT2D eigenvalue weighted by atomic mass is 9.66. The summed E-state index contributed by atoms with van der Waals surface area (Å²) < 4.78 is 5.59. The molecule has 1 atom stereocenters. The second kappa shape index (κ2) is 7.18. The van der Waals surface area contributed by atoms with Crippen molar-refractivity contribution < 1.29 is 19.7 Å². The van der Waals surface area contributed by atoms with Gasteiger partial charge in [0.15, 0.2) is 0 Å². The molecule has 25 heavy (non-hydrogen) atoms. The van der Waals surface area contributed by atoms with E-state index in [1.165, 1.54) is 0 Å². The highest BCUT2D eigenvalue weighted by molar-refractivity contribution is 5.93. The Morgan fingerprint density at radius 3 is 2.48 bits per heavy atom. The van der Waals surface area contributed by atoms with E-state index in [4.69, 9.17) is 4.74 Å². The number of allylic oxidation sites excluding steroid dienone is 3. The molecule has 1 aromatic rings. The number of carboxylic acids is 1. The fourth-order valence-electron chi connectivity index (χ4n) is 3.46. The van der Waals surface area contributed by atoms with Gasteiger partial charge in [-0.15, -0.1) is 0 Å². The first-order valence-electron chi connectivity index (χ1n) is 8.35. The van der Waals surface area contributed by atoms with Crippen LogP contribution >= 0.6 is 0 Å².